The number of nitrogens with one attached hydrogen (secondary N) is 2. The number of anilines is 2. The second kappa shape index (κ2) is 21.3. The molecule has 0 fully saturated rings. The first-order chi connectivity index (χ1) is 31.6. The largest absolute Gasteiger partial charge is 0.497 e. The van der Waals surface area contributed by atoms with Crippen LogP contribution in [-0.2, 0) is 45.1 Å². The van der Waals surface area contributed by atoms with E-state index in [1.165, 1.54) is 75.7 Å². The molecule has 0 saturated heterocycles. The Labute approximate surface area is 375 Å². The summed E-state index contributed by atoms with van der Waals surface area (Å²) in [5.74, 6) is -5.79. The number of ether oxygens (including phenoxy) is 3. The van der Waals surface area contributed by atoms with E-state index in [2.05, 4.69) is 10.6 Å². The second-order valence-corrected chi connectivity index (χ2v) is 15.0. The summed E-state index contributed by atoms with van der Waals surface area (Å²) in [4.78, 5) is 72.6. The molecule has 1 heterocycles. The summed E-state index contributed by atoms with van der Waals surface area (Å²) in [5.41, 5.74) is 0.0354. The highest BCUT2D eigenvalue weighted by Crippen LogP contribution is 2.24. The van der Waals surface area contributed by atoms with Crippen molar-refractivity contribution in [2.45, 2.75) is 38.0 Å². The standard InChI is InChI=1S/C47H45F5N6O8/c1-55(34-5-9-36(64-2)10-6-34)45(61)39(21-28-17-30(49)23-31(50)18-28)53-44(60)27-58-42-25-38(66-4)13-14-41(42)57(47(58)63)26-43(59)54-40(22-29-19-32(51)24-33(52)20-29)46(62)56(16-15-48)35-7-11-37(65-3)12-8-35/h5-14,17-20,23-25,39-40H,15-16,21-22,26-27H2,1-4H3,(H,53,60)(H,54,59)/t39-,40-/m0/s1. The van der Waals surface area contributed by atoms with Crippen LogP contribution in [0.3, 0.4) is 0 Å². The number of imidazole rings is 1. The van der Waals surface area contributed by atoms with Gasteiger partial charge in [0.05, 0.1) is 38.9 Å². The van der Waals surface area contributed by atoms with E-state index in [-0.39, 0.29) is 40.0 Å². The average molecular weight is 917 g/mol. The Kier molecular flexibility index (Phi) is 15.4. The molecule has 66 heavy (non-hydrogen) atoms. The minimum Gasteiger partial charge on any atom is -0.497 e. The molecule has 14 nitrogen and oxygen atoms in total. The molecule has 0 spiro atoms. The fourth-order valence-corrected chi connectivity index (χ4v) is 7.40. The van der Waals surface area contributed by atoms with E-state index < -0.39 is 97.4 Å². The van der Waals surface area contributed by atoms with Crippen LogP contribution in [0.2, 0.25) is 0 Å². The van der Waals surface area contributed by atoms with Gasteiger partial charge in [0.15, 0.2) is 0 Å². The maximum atomic E-state index is 14.3. The SMILES string of the molecule is COc1ccc(N(C)C(=O)[C@H](Cc2cc(F)cc(F)c2)NC(=O)Cn2c(=O)n(CC(=O)N[C@@H](Cc3cc(F)cc(F)c3)C(=O)N(CCF)c3ccc(OC)cc3)c3ccc(OC)cc32)cc1. The molecular formula is C47H45F5N6O8. The number of rotatable bonds is 19. The highest BCUT2D eigenvalue weighted by atomic mass is 19.1. The average Bonchev–Trinajstić information content (AvgIpc) is 3.54. The van der Waals surface area contributed by atoms with E-state index in [4.69, 9.17) is 14.2 Å². The van der Waals surface area contributed by atoms with Crippen molar-refractivity contribution < 1.29 is 55.3 Å². The van der Waals surface area contributed by atoms with E-state index in [0.717, 1.165) is 38.3 Å². The number of likely N-dealkylation sites (N-methyl/N-ethyl adjacent to an activating group) is 1. The van der Waals surface area contributed by atoms with Crippen molar-refractivity contribution in [2.24, 2.45) is 0 Å². The van der Waals surface area contributed by atoms with Crippen LogP contribution in [0.1, 0.15) is 11.1 Å². The molecule has 2 atom stereocenters. The third kappa shape index (κ3) is 11.5. The topological polar surface area (TPSA) is 153 Å². The summed E-state index contributed by atoms with van der Waals surface area (Å²) < 4.78 is 89.0. The fraction of sp³-hybridized carbons (Fsp3) is 0.255. The summed E-state index contributed by atoms with van der Waals surface area (Å²) in [7, 11) is 5.71. The second-order valence-electron chi connectivity index (χ2n) is 15.0. The molecule has 6 aromatic rings. The number of carbonyl (C=O) groups is 4. The highest BCUT2D eigenvalue weighted by Gasteiger charge is 2.30. The normalized spacial score (nSPS) is 12.0. The van der Waals surface area contributed by atoms with Crippen LogP contribution in [0, 0.1) is 23.3 Å². The van der Waals surface area contributed by atoms with Crippen LogP contribution in [0.5, 0.6) is 17.2 Å². The predicted molar refractivity (Wildman–Crippen MR) is 234 cm³/mol. The van der Waals surface area contributed by atoms with Gasteiger partial charge in [0, 0.05) is 49.5 Å². The molecule has 0 saturated carbocycles. The minimum atomic E-state index is -1.54. The molecule has 0 aliphatic heterocycles. The number of hydrogen-bond donors (Lipinski definition) is 2. The van der Waals surface area contributed by atoms with Crippen molar-refractivity contribution in [1.82, 2.24) is 19.8 Å². The first-order valence-electron chi connectivity index (χ1n) is 20.3. The van der Waals surface area contributed by atoms with Gasteiger partial charge in [0.2, 0.25) is 23.6 Å². The van der Waals surface area contributed by atoms with E-state index >= 15 is 0 Å². The van der Waals surface area contributed by atoms with Gasteiger partial charge >= 0.3 is 5.69 Å². The first kappa shape index (κ1) is 47.8. The predicted octanol–water partition coefficient (Wildman–Crippen LogP) is 5.51. The third-order valence-electron chi connectivity index (χ3n) is 10.6. The Morgan fingerprint density at radius 2 is 1.00 bits per heavy atom. The lowest BCUT2D eigenvalue weighted by atomic mass is 10.0. The molecule has 6 rings (SSSR count). The minimum absolute atomic E-state index is 0.0116. The van der Waals surface area contributed by atoms with Gasteiger partial charge in [-0.25, -0.2) is 26.7 Å². The number of methoxy groups -OCH3 is 3. The van der Waals surface area contributed by atoms with E-state index in [0.29, 0.717) is 29.3 Å². The first-order valence-corrected chi connectivity index (χ1v) is 20.3. The smallest absolute Gasteiger partial charge is 0.330 e. The zero-order valence-electron chi connectivity index (χ0n) is 36.2. The number of carbonyl (C=O) groups excluding carboxylic acids is 4. The van der Waals surface area contributed by atoms with Crippen molar-refractivity contribution in [3.8, 4) is 17.2 Å². The van der Waals surface area contributed by atoms with Crippen LogP contribution in [0.15, 0.2) is 108 Å². The molecule has 4 amide bonds. The van der Waals surface area contributed by atoms with Gasteiger partial charge in [-0.2, -0.15) is 0 Å². The quantitative estimate of drug-likeness (QED) is 0.101. The molecule has 0 unspecified atom stereocenters. The molecule has 0 aliphatic carbocycles. The van der Waals surface area contributed by atoms with Crippen molar-refractivity contribution in [2.75, 3.05) is 51.4 Å². The Morgan fingerprint density at radius 1 is 0.576 bits per heavy atom. The summed E-state index contributed by atoms with van der Waals surface area (Å²) in [6, 6.07) is 19.2. The summed E-state index contributed by atoms with van der Waals surface area (Å²) >= 11 is 0. The van der Waals surface area contributed by atoms with Crippen LogP contribution in [0.4, 0.5) is 33.3 Å². The van der Waals surface area contributed by atoms with Gasteiger partial charge < -0.3 is 34.6 Å². The highest BCUT2D eigenvalue weighted by molar-refractivity contribution is 6.00. The maximum Gasteiger partial charge on any atom is 0.330 e. The molecule has 2 N–H and O–H groups in total. The molecule has 0 bridgehead atoms. The number of fused-ring (bicyclic) bond motifs is 1. The van der Waals surface area contributed by atoms with Gasteiger partial charge in [-0.15, -0.1) is 0 Å². The zero-order valence-corrected chi connectivity index (χ0v) is 36.2. The number of benzene rings is 5. The number of hydrogen-bond acceptors (Lipinski definition) is 8. The molecule has 0 aliphatic rings. The number of nitrogens with zero attached hydrogens (tertiary/aromatic N) is 4. The Bertz CT molecular complexity index is 2740. The summed E-state index contributed by atoms with van der Waals surface area (Å²) in [5, 5.41) is 5.15. The maximum absolute atomic E-state index is 14.3. The fourth-order valence-electron chi connectivity index (χ4n) is 7.40. The van der Waals surface area contributed by atoms with Crippen LogP contribution in [-0.4, -0.2) is 86.4 Å². The van der Waals surface area contributed by atoms with Crippen molar-refractivity contribution >= 4 is 46.0 Å². The lowest BCUT2D eigenvalue weighted by molar-refractivity contribution is -0.128. The molecule has 5 aromatic carbocycles. The van der Waals surface area contributed by atoms with Crippen molar-refractivity contribution in [3.05, 3.63) is 148 Å². The number of halogens is 5. The Balaban J connectivity index is 1.30. The van der Waals surface area contributed by atoms with Gasteiger partial charge in [0.1, 0.15) is 72.4 Å². The number of aromatic nitrogens is 2. The van der Waals surface area contributed by atoms with Crippen LogP contribution in [0.25, 0.3) is 11.0 Å². The molecule has 1 aromatic heterocycles. The van der Waals surface area contributed by atoms with Gasteiger partial charge in [-0.05, 0) is 96.1 Å². The lowest BCUT2D eigenvalue weighted by Crippen LogP contribution is -2.51. The van der Waals surface area contributed by atoms with Crippen molar-refractivity contribution in [3.63, 3.8) is 0 Å². The number of amides is 4. The van der Waals surface area contributed by atoms with Gasteiger partial charge in [-0.1, -0.05) is 0 Å². The Morgan fingerprint density at radius 3 is 1.45 bits per heavy atom. The van der Waals surface area contributed by atoms with Gasteiger partial charge in [0.25, 0.3) is 0 Å². The monoisotopic (exact) mass is 916 g/mol. The van der Waals surface area contributed by atoms with Crippen LogP contribution >= 0.6 is 0 Å². The molecular weight excluding hydrogens is 872 g/mol. The van der Waals surface area contributed by atoms with Crippen molar-refractivity contribution in [1.29, 1.82) is 0 Å². The van der Waals surface area contributed by atoms with E-state index in [1.807, 2.05) is 0 Å². The third-order valence-corrected chi connectivity index (χ3v) is 10.6. The lowest BCUT2D eigenvalue weighted by Gasteiger charge is -2.28. The molecule has 0 radical (unpaired) electrons. The van der Waals surface area contributed by atoms with E-state index in [1.54, 1.807) is 24.3 Å². The summed E-state index contributed by atoms with van der Waals surface area (Å²) in [6.45, 7) is -2.91. The molecule has 19 heteroatoms. The van der Waals surface area contributed by atoms with Gasteiger partial charge in [-0.3, -0.25) is 28.3 Å². The zero-order chi connectivity index (χ0) is 47.7. The Hall–Kier alpha value is -7.70. The van der Waals surface area contributed by atoms with E-state index in [9.17, 15) is 45.9 Å². The molecule has 346 valence electrons. The van der Waals surface area contributed by atoms with Crippen LogP contribution < -0.4 is 40.3 Å². The summed E-state index contributed by atoms with van der Waals surface area (Å²) in [6.07, 6.45) is -0.796. The number of alkyl halides is 1.